The number of piperazine rings is 1. The Morgan fingerprint density at radius 1 is 1.12 bits per heavy atom. The van der Waals surface area contributed by atoms with Gasteiger partial charge in [0.25, 0.3) is 5.91 Å². The van der Waals surface area contributed by atoms with Crippen LogP contribution in [0.3, 0.4) is 0 Å². The predicted molar refractivity (Wildman–Crippen MR) is 119 cm³/mol. The third-order valence-electron chi connectivity index (χ3n) is 5.58. The summed E-state index contributed by atoms with van der Waals surface area (Å²) in [4.78, 5) is 19.4. The van der Waals surface area contributed by atoms with Gasteiger partial charge in [0.2, 0.25) is 10.0 Å². The Labute approximate surface area is 185 Å². The summed E-state index contributed by atoms with van der Waals surface area (Å²) in [5.74, 6) is -0.721. The van der Waals surface area contributed by atoms with E-state index in [0.717, 1.165) is 11.8 Å². The second-order valence-corrected chi connectivity index (χ2v) is 9.68. The van der Waals surface area contributed by atoms with Crippen molar-refractivity contribution in [1.29, 1.82) is 5.26 Å². The molecule has 2 aromatic carbocycles. The van der Waals surface area contributed by atoms with Gasteiger partial charge in [-0.2, -0.15) is 9.57 Å². The van der Waals surface area contributed by atoms with Crippen molar-refractivity contribution in [1.82, 2.24) is 14.2 Å². The van der Waals surface area contributed by atoms with E-state index in [4.69, 9.17) is 5.26 Å². The van der Waals surface area contributed by atoms with E-state index in [1.165, 1.54) is 22.6 Å². The predicted octanol–water partition coefficient (Wildman–Crippen LogP) is 2.82. The lowest BCUT2D eigenvalue weighted by atomic mass is 9.94. The molecule has 0 atom stereocenters. The van der Waals surface area contributed by atoms with Crippen molar-refractivity contribution in [3.05, 3.63) is 65.6 Å². The van der Waals surface area contributed by atoms with Crippen LogP contribution in [-0.2, 0) is 16.4 Å². The number of rotatable bonds is 4. The quantitative estimate of drug-likeness (QED) is 0.607. The SMILES string of the molecule is CS(=O)(=O)N1CCN(C(=O)c2cnc3ccc(F)cc3c2-c2ccc(CC#N)cc2)CC1. The zero-order valence-corrected chi connectivity index (χ0v) is 18.3. The lowest BCUT2D eigenvalue weighted by Crippen LogP contribution is -2.50. The standard InChI is InChI=1S/C23H21FN4O3S/c1-32(30,31)28-12-10-27(11-13-28)23(29)20-15-26-21-7-6-18(24)14-19(21)22(20)17-4-2-16(3-5-17)8-9-25/h2-7,14-15H,8,10-13H2,1H3. The lowest BCUT2D eigenvalue weighted by Gasteiger charge is -2.33. The van der Waals surface area contributed by atoms with Gasteiger partial charge >= 0.3 is 0 Å². The number of carbonyl (C=O) groups excluding carboxylic acids is 1. The molecule has 4 rings (SSSR count). The number of fused-ring (bicyclic) bond motifs is 1. The first-order chi connectivity index (χ1) is 15.3. The molecular formula is C23H21FN4O3S. The van der Waals surface area contributed by atoms with Crippen LogP contribution in [-0.4, -0.2) is 60.9 Å². The van der Waals surface area contributed by atoms with Crippen LogP contribution in [0, 0.1) is 17.1 Å². The van der Waals surface area contributed by atoms with Crippen molar-refractivity contribution in [2.75, 3.05) is 32.4 Å². The number of hydrogen-bond donors (Lipinski definition) is 0. The minimum atomic E-state index is -3.31. The van der Waals surface area contributed by atoms with Gasteiger partial charge in [0, 0.05) is 43.3 Å². The molecule has 0 N–H and O–H groups in total. The summed E-state index contributed by atoms with van der Waals surface area (Å²) in [6.45, 7) is 0.956. The number of nitrogens with zero attached hydrogens (tertiary/aromatic N) is 4. The van der Waals surface area contributed by atoms with Crippen molar-refractivity contribution in [3.63, 3.8) is 0 Å². The van der Waals surface area contributed by atoms with E-state index in [2.05, 4.69) is 11.1 Å². The van der Waals surface area contributed by atoms with Gasteiger partial charge in [0.1, 0.15) is 5.82 Å². The van der Waals surface area contributed by atoms with Crippen LogP contribution in [0.4, 0.5) is 4.39 Å². The van der Waals surface area contributed by atoms with Crippen molar-refractivity contribution in [3.8, 4) is 17.2 Å². The highest BCUT2D eigenvalue weighted by atomic mass is 32.2. The second kappa shape index (κ2) is 8.65. The molecule has 0 radical (unpaired) electrons. The van der Waals surface area contributed by atoms with Crippen molar-refractivity contribution < 1.29 is 17.6 Å². The molecule has 1 aliphatic rings. The minimum absolute atomic E-state index is 0.221. The molecule has 7 nitrogen and oxygen atoms in total. The van der Waals surface area contributed by atoms with E-state index in [9.17, 15) is 17.6 Å². The van der Waals surface area contributed by atoms with Gasteiger partial charge < -0.3 is 4.90 Å². The number of halogens is 1. The number of sulfonamides is 1. The number of aromatic nitrogens is 1. The van der Waals surface area contributed by atoms with Gasteiger partial charge in [-0.25, -0.2) is 12.8 Å². The van der Waals surface area contributed by atoms with Crippen molar-refractivity contribution >= 4 is 26.8 Å². The van der Waals surface area contributed by atoms with Crippen molar-refractivity contribution in [2.24, 2.45) is 0 Å². The van der Waals surface area contributed by atoms with E-state index < -0.39 is 15.8 Å². The number of carbonyl (C=O) groups is 1. The molecule has 32 heavy (non-hydrogen) atoms. The second-order valence-electron chi connectivity index (χ2n) is 7.69. The fourth-order valence-corrected chi connectivity index (χ4v) is 4.74. The molecule has 3 aromatic rings. The molecule has 0 spiro atoms. The largest absolute Gasteiger partial charge is 0.336 e. The molecule has 1 fully saturated rings. The molecule has 1 aliphatic heterocycles. The summed E-state index contributed by atoms with van der Waals surface area (Å²) in [6, 6.07) is 13.6. The molecular weight excluding hydrogens is 431 g/mol. The zero-order chi connectivity index (χ0) is 22.9. The van der Waals surface area contributed by atoms with E-state index in [1.807, 2.05) is 24.3 Å². The normalized spacial score (nSPS) is 15.0. The number of hydrogen-bond acceptors (Lipinski definition) is 5. The molecule has 1 saturated heterocycles. The number of nitriles is 1. The van der Waals surface area contributed by atoms with E-state index in [1.54, 1.807) is 11.0 Å². The van der Waals surface area contributed by atoms with Crippen LogP contribution < -0.4 is 0 Å². The molecule has 1 aromatic heterocycles. The van der Waals surface area contributed by atoms with Gasteiger partial charge in [-0.3, -0.25) is 9.78 Å². The lowest BCUT2D eigenvalue weighted by molar-refractivity contribution is 0.0699. The van der Waals surface area contributed by atoms with Crippen LogP contribution in [0.2, 0.25) is 0 Å². The summed E-state index contributed by atoms with van der Waals surface area (Å²) in [6.07, 6.45) is 2.91. The topological polar surface area (TPSA) is 94.4 Å². The van der Waals surface area contributed by atoms with E-state index in [0.29, 0.717) is 27.6 Å². The maximum absolute atomic E-state index is 14.1. The van der Waals surface area contributed by atoms with Crippen LogP contribution in [0.25, 0.3) is 22.0 Å². The number of amides is 1. The van der Waals surface area contributed by atoms with Gasteiger partial charge in [-0.1, -0.05) is 24.3 Å². The first-order valence-corrected chi connectivity index (χ1v) is 11.9. The molecule has 164 valence electrons. The zero-order valence-electron chi connectivity index (χ0n) is 17.5. The van der Waals surface area contributed by atoms with Gasteiger partial charge in [-0.15, -0.1) is 0 Å². The van der Waals surface area contributed by atoms with E-state index >= 15 is 0 Å². The Kier molecular flexibility index (Phi) is 5.91. The molecule has 0 bridgehead atoms. The fraction of sp³-hybridized carbons (Fsp3) is 0.261. The Bertz CT molecular complexity index is 1330. The first-order valence-electron chi connectivity index (χ1n) is 10.1. The maximum Gasteiger partial charge on any atom is 0.256 e. The van der Waals surface area contributed by atoms with Crippen LogP contribution >= 0.6 is 0 Å². The highest BCUT2D eigenvalue weighted by Gasteiger charge is 2.28. The number of pyridine rings is 1. The molecule has 1 amide bonds. The van der Waals surface area contributed by atoms with Gasteiger partial charge in [0.15, 0.2) is 0 Å². The number of benzene rings is 2. The smallest absolute Gasteiger partial charge is 0.256 e. The Balaban J connectivity index is 1.77. The fourth-order valence-electron chi connectivity index (χ4n) is 3.91. The highest BCUT2D eigenvalue weighted by molar-refractivity contribution is 7.88. The summed E-state index contributed by atoms with van der Waals surface area (Å²) in [7, 11) is -3.31. The average molecular weight is 453 g/mol. The summed E-state index contributed by atoms with van der Waals surface area (Å²) in [5.41, 5.74) is 2.99. The monoisotopic (exact) mass is 452 g/mol. The maximum atomic E-state index is 14.1. The molecule has 0 unspecified atom stereocenters. The summed E-state index contributed by atoms with van der Waals surface area (Å²) in [5, 5.41) is 9.43. The first kappa shape index (κ1) is 21.9. The third-order valence-corrected chi connectivity index (χ3v) is 6.88. The Hall–Kier alpha value is -3.35. The highest BCUT2D eigenvalue weighted by Crippen LogP contribution is 2.33. The molecule has 9 heteroatoms. The van der Waals surface area contributed by atoms with Gasteiger partial charge in [-0.05, 0) is 29.3 Å². The Morgan fingerprint density at radius 3 is 2.44 bits per heavy atom. The molecule has 0 aliphatic carbocycles. The van der Waals surface area contributed by atoms with Crippen LogP contribution in [0.5, 0.6) is 0 Å². The Morgan fingerprint density at radius 2 is 1.81 bits per heavy atom. The van der Waals surface area contributed by atoms with Gasteiger partial charge in [0.05, 0.1) is 29.8 Å². The average Bonchev–Trinajstić information content (AvgIpc) is 2.78. The third kappa shape index (κ3) is 4.33. The van der Waals surface area contributed by atoms with E-state index in [-0.39, 0.29) is 38.5 Å². The molecule has 2 heterocycles. The van der Waals surface area contributed by atoms with Crippen LogP contribution in [0.15, 0.2) is 48.7 Å². The minimum Gasteiger partial charge on any atom is -0.336 e. The molecule has 0 saturated carbocycles. The summed E-state index contributed by atoms with van der Waals surface area (Å²) < 4.78 is 39.0. The van der Waals surface area contributed by atoms with Crippen LogP contribution in [0.1, 0.15) is 15.9 Å². The van der Waals surface area contributed by atoms with Crippen molar-refractivity contribution in [2.45, 2.75) is 6.42 Å². The summed E-state index contributed by atoms with van der Waals surface area (Å²) >= 11 is 0.